The summed E-state index contributed by atoms with van der Waals surface area (Å²) in [4.78, 5) is 8.00. The smallest absolute Gasteiger partial charge is 0.222 e. The predicted octanol–water partition coefficient (Wildman–Crippen LogP) is 0.837. The van der Waals surface area contributed by atoms with Crippen LogP contribution in [0.1, 0.15) is 0 Å². The lowest BCUT2D eigenvalue weighted by molar-refractivity contribution is 1.09. The zero-order valence-electron chi connectivity index (χ0n) is 7.73. The Morgan fingerprint density at radius 1 is 1.50 bits per heavy atom. The van der Waals surface area contributed by atoms with Gasteiger partial charge < -0.3 is 11.1 Å². The standard InChI is InChI=1S/C9H12N4S/c1-2-4-14-5-3-11-9-12-6-8(10)7-13-9/h1,6-7H,3-5,10H2,(H,11,12,13). The third-order valence-electron chi connectivity index (χ3n) is 1.39. The minimum Gasteiger partial charge on any atom is -0.396 e. The topological polar surface area (TPSA) is 63.8 Å². The molecule has 1 rings (SSSR count). The van der Waals surface area contributed by atoms with Crippen molar-refractivity contribution in [3.63, 3.8) is 0 Å². The fourth-order valence-electron chi connectivity index (χ4n) is 0.795. The van der Waals surface area contributed by atoms with Crippen LogP contribution in [0.25, 0.3) is 0 Å². The minimum absolute atomic E-state index is 0.567. The number of aromatic nitrogens is 2. The van der Waals surface area contributed by atoms with Crippen molar-refractivity contribution in [3.8, 4) is 12.3 Å². The van der Waals surface area contributed by atoms with Gasteiger partial charge in [-0.15, -0.1) is 18.2 Å². The molecular formula is C9H12N4S. The van der Waals surface area contributed by atoms with Gasteiger partial charge in [0.15, 0.2) is 0 Å². The van der Waals surface area contributed by atoms with Crippen LogP contribution in [0.15, 0.2) is 12.4 Å². The maximum Gasteiger partial charge on any atom is 0.222 e. The lowest BCUT2D eigenvalue weighted by Crippen LogP contribution is -2.07. The average molecular weight is 208 g/mol. The molecule has 0 aliphatic carbocycles. The molecule has 0 aliphatic heterocycles. The highest BCUT2D eigenvalue weighted by Crippen LogP contribution is 2.02. The number of thioether (sulfide) groups is 1. The summed E-state index contributed by atoms with van der Waals surface area (Å²) in [6.45, 7) is 0.802. The van der Waals surface area contributed by atoms with Gasteiger partial charge in [0.2, 0.25) is 5.95 Å². The number of rotatable bonds is 5. The summed E-state index contributed by atoms with van der Waals surface area (Å²) in [5.41, 5.74) is 6.01. The van der Waals surface area contributed by atoms with Crippen LogP contribution in [0.4, 0.5) is 11.6 Å². The van der Waals surface area contributed by atoms with Gasteiger partial charge in [-0.2, -0.15) is 0 Å². The number of anilines is 2. The van der Waals surface area contributed by atoms with Gasteiger partial charge >= 0.3 is 0 Å². The van der Waals surface area contributed by atoms with Crippen molar-refractivity contribution in [2.24, 2.45) is 0 Å². The molecule has 0 aromatic carbocycles. The van der Waals surface area contributed by atoms with E-state index in [-0.39, 0.29) is 0 Å². The van der Waals surface area contributed by atoms with E-state index in [1.165, 1.54) is 0 Å². The van der Waals surface area contributed by atoms with Crippen molar-refractivity contribution >= 4 is 23.4 Å². The Bertz CT molecular complexity index is 304. The van der Waals surface area contributed by atoms with E-state index in [9.17, 15) is 0 Å². The lowest BCUT2D eigenvalue weighted by atomic mass is 10.6. The van der Waals surface area contributed by atoms with Crippen LogP contribution < -0.4 is 11.1 Å². The summed E-state index contributed by atoms with van der Waals surface area (Å²) in [7, 11) is 0. The van der Waals surface area contributed by atoms with E-state index >= 15 is 0 Å². The van der Waals surface area contributed by atoms with Crippen LogP contribution in [0, 0.1) is 12.3 Å². The Kier molecular flexibility index (Phi) is 4.65. The van der Waals surface area contributed by atoms with Crippen molar-refractivity contribution in [3.05, 3.63) is 12.4 Å². The zero-order chi connectivity index (χ0) is 10.2. The molecule has 0 bridgehead atoms. The van der Waals surface area contributed by atoms with Crippen LogP contribution in [-0.2, 0) is 0 Å². The first-order valence-electron chi connectivity index (χ1n) is 4.15. The van der Waals surface area contributed by atoms with Gasteiger partial charge in [-0.1, -0.05) is 5.92 Å². The van der Waals surface area contributed by atoms with E-state index in [1.54, 1.807) is 24.2 Å². The summed E-state index contributed by atoms with van der Waals surface area (Å²) in [6.07, 6.45) is 8.26. The molecule has 5 heteroatoms. The van der Waals surface area contributed by atoms with Crippen LogP contribution in [0.2, 0.25) is 0 Å². The van der Waals surface area contributed by atoms with Gasteiger partial charge in [-0.05, 0) is 0 Å². The second-order valence-corrected chi connectivity index (χ2v) is 3.63. The number of nitrogens with one attached hydrogen (secondary N) is 1. The van der Waals surface area contributed by atoms with Gasteiger partial charge in [0.05, 0.1) is 23.8 Å². The van der Waals surface area contributed by atoms with Crippen LogP contribution in [-0.4, -0.2) is 28.0 Å². The molecule has 4 nitrogen and oxygen atoms in total. The van der Waals surface area contributed by atoms with Crippen molar-refractivity contribution in [2.75, 3.05) is 29.1 Å². The largest absolute Gasteiger partial charge is 0.396 e. The Labute approximate surface area is 87.7 Å². The first kappa shape index (κ1) is 10.7. The van der Waals surface area contributed by atoms with E-state index in [0.717, 1.165) is 18.1 Å². The molecule has 14 heavy (non-hydrogen) atoms. The summed E-state index contributed by atoms with van der Waals surface area (Å²) in [5.74, 6) is 4.84. The van der Waals surface area contributed by atoms with E-state index in [2.05, 4.69) is 21.2 Å². The lowest BCUT2D eigenvalue weighted by Gasteiger charge is -2.02. The highest BCUT2D eigenvalue weighted by Gasteiger charge is 1.93. The van der Waals surface area contributed by atoms with E-state index in [1.807, 2.05) is 0 Å². The summed E-state index contributed by atoms with van der Waals surface area (Å²) in [6, 6.07) is 0. The molecule has 0 radical (unpaired) electrons. The summed E-state index contributed by atoms with van der Waals surface area (Å²) < 4.78 is 0. The zero-order valence-corrected chi connectivity index (χ0v) is 8.55. The van der Waals surface area contributed by atoms with Crippen molar-refractivity contribution in [1.29, 1.82) is 0 Å². The number of nitrogen functional groups attached to an aromatic ring is 1. The number of hydrogen-bond acceptors (Lipinski definition) is 5. The van der Waals surface area contributed by atoms with Gasteiger partial charge in [-0.3, -0.25) is 0 Å². The maximum atomic E-state index is 5.44. The van der Waals surface area contributed by atoms with Crippen molar-refractivity contribution in [1.82, 2.24) is 9.97 Å². The SMILES string of the molecule is C#CCSCCNc1ncc(N)cn1. The van der Waals surface area contributed by atoms with Crippen LogP contribution >= 0.6 is 11.8 Å². The number of nitrogens with two attached hydrogens (primary N) is 1. The summed E-state index contributed by atoms with van der Waals surface area (Å²) >= 11 is 1.70. The fourth-order valence-corrected chi connectivity index (χ4v) is 1.30. The number of nitrogens with zero attached hydrogens (tertiary/aromatic N) is 2. The molecule has 0 unspecified atom stereocenters. The summed E-state index contributed by atoms with van der Waals surface area (Å²) in [5, 5.41) is 3.06. The fraction of sp³-hybridized carbons (Fsp3) is 0.333. The van der Waals surface area contributed by atoms with Crippen LogP contribution in [0.3, 0.4) is 0 Å². The van der Waals surface area contributed by atoms with Crippen LogP contribution in [0.5, 0.6) is 0 Å². The first-order chi connectivity index (χ1) is 6.83. The molecule has 1 aromatic rings. The van der Waals surface area contributed by atoms with Gasteiger partial charge in [0.25, 0.3) is 0 Å². The molecule has 74 valence electrons. The molecule has 0 saturated carbocycles. The highest BCUT2D eigenvalue weighted by atomic mass is 32.2. The quantitative estimate of drug-likeness (QED) is 0.554. The number of hydrogen-bond donors (Lipinski definition) is 2. The third-order valence-corrected chi connectivity index (χ3v) is 2.25. The van der Waals surface area contributed by atoms with Gasteiger partial charge in [0, 0.05) is 12.3 Å². The van der Waals surface area contributed by atoms with Gasteiger partial charge in [-0.25, -0.2) is 9.97 Å². The molecule has 0 aliphatic rings. The number of terminal acetylenes is 1. The van der Waals surface area contributed by atoms with E-state index in [0.29, 0.717) is 11.6 Å². The monoisotopic (exact) mass is 208 g/mol. The second kappa shape index (κ2) is 6.11. The maximum absolute atomic E-state index is 5.44. The third kappa shape index (κ3) is 4.01. The molecule has 0 saturated heterocycles. The molecule has 0 atom stereocenters. The van der Waals surface area contributed by atoms with E-state index < -0.39 is 0 Å². The Morgan fingerprint density at radius 2 is 2.21 bits per heavy atom. The average Bonchev–Trinajstić information content (AvgIpc) is 2.21. The molecule has 1 aromatic heterocycles. The Balaban J connectivity index is 2.19. The Hall–Kier alpha value is -1.41. The second-order valence-electron chi connectivity index (χ2n) is 2.52. The van der Waals surface area contributed by atoms with Crippen molar-refractivity contribution < 1.29 is 0 Å². The Morgan fingerprint density at radius 3 is 2.86 bits per heavy atom. The normalized spacial score (nSPS) is 9.36. The molecular weight excluding hydrogens is 196 g/mol. The molecule has 1 heterocycles. The molecule has 0 spiro atoms. The highest BCUT2D eigenvalue weighted by molar-refractivity contribution is 7.99. The predicted molar refractivity (Wildman–Crippen MR) is 61.1 cm³/mol. The van der Waals surface area contributed by atoms with Gasteiger partial charge in [0.1, 0.15) is 0 Å². The minimum atomic E-state index is 0.567. The molecule has 0 amide bonds. The molecule has 0 fully saturated rings. The molecule has 3 N–H and O–H groups in total. The van der Waals surface area contributed by atoms with E-state index in [4.69, 9.17) is 12.2 Å². The van der Waals surface area contributed by atoms with Crippen molar-refractivity contribution in [2.45, 2.75) is 0 Å². The first-order valence-corrected chi connectivity index (χ1v) is 5.31.